The van der Waals surface area contributed by atoms with E-state index in [1.165, 1.54) is 63.7 Å². The number of benzene rings is 1. The van der Waals surface area contributed by atoms with Crippen LogP contribution in [0, 0.1) is 11.3 Å². The minimum atomic E-state index is 0.0885. The van der Waals surface area contributed by atoms with Gasteiger partial charge in [-0.05, 0) is 74.9 Å². The number of hydrogen-bond donors (Lipinski definition) is 0. The molecule has 2 saturated carbocycles. The lowest BCUT2D eigenvalue weighted by molar-refractivity contribution is -0.142. The standard InChI is InChI=1S/C22H30N2O/c25-21-20(18-4-2-1-3-5-18)14-22(16-24(21)19-8-9-19)10-12-23(13-11-22)15-17-6-7-17/h1-5,17,19-20H,6-16H2. The summed E-state index contributed by atoms with van der Waals surface area (Å²) in [5.41, 5.74) is 1.59. The lowest BCUT2D eigenvalue weighted by Crippen LogP contribution is -2.54. The van der Waals surface area contributed by atoms with Gasteiger partial charge in [-0.2, -0.15) is 0 Å². The highest BCUT2D eigenvalue weighted by Gasteiger charge is 2.49. The molecule has 1 amide bonds. The number of rotatable bonds is 4. The topological polar surface area (TPSA) is 23.6 Å². The second-order valence-electron chi connectivity index (χ2n) is 9.11. The zero-order valence-corrected chi connectivity index (χ0v) is 15.2. The fourth-order valence-corrected chi connectivity index (χ4v) is 5.10. The minimum absolute atomic E-state index is 0.0885. The van der Waals surface area contributed by atoms with Crippen molar-refractivity contribution in [2.45, 2.75) is 56.9 Å². The summed E-state index contributed by atoms with van der Waals surface area (Å²) in [5.74, 6) is 1.48. The molecule has 134 valence electrons. The number of nitrogens with zero attached hydrogens (tertiary/aromatic N) is 2. The predicted octanol–water partition coefficient (Wildman–Crippen LogP) is 3.66. The van der Waals surface area contributed by atoms with Crippen LogP contribution in [-0.4, -0.2) is 47.9 Å². The maximum atomic E-state index is 13.2. The Morgan fingerprint density at radius 1 is 1.00 bits per heavy atom. The predicted molar refractivity (Wildman–Crippen MR) is 99.4 cm³/mol. The zero-order chi connectivity index (χ0) is 16.9. The molecule has 0 N–H and O–H groups in total. The van der Waals surface area contributed by atoms with Crippen molar-refractivity contribution >= 4 is 5.91 Å². The Bertz CT molecular complexity index is 627. The van der Waals surface area contributed by atoms with Gasteiger partial charge in [0.2, 0.25) is 5.91 Å². The van der Waals surface area contributed by atoms with Gasteiger partial charge >= 0.3 is 0 Å². The van der Waals surface area contributed by atoms with Gasteiger partial charge in [0, 0.05) is 19.1 Å². The average Bonchev–Trinajstić information content (AvgIpc) is 3.54. The van der Waals surface area contributed by atoms with Crippen LogP contribution in [0.2, 0.25) is 0 Å². The van der Waals surface area contributed by atoms with E-state index in [0.717, 1.165) is 18.9 Å². The lowest BCUT2D eigenvalue weighted by atomic mass is 9.67. The smallest absolute Gasteiger partial charge is 0.230 e. The van der Waals surface area contributed by atoms with Crippen molar-refractivity contribution in [3.05, 3.63) is 35.9 Å². The summed E-state index contributed by atoms with van der Waals surface area (Å²) in [6.07, 6.45) is 8.95. The highest BCUT2D eigenvalue weighted by atomic mass is 16.2. The van der Waals surface area contributed by atoms with Crippen LogP contribution < -0.4 is 0 Å². The van der Waals surface area contributed by atoms with E-state index in [0.29, 0.717) is 17.4 Å². The molecule has 1 atom stereocenters. The molecular formula is C22H30N2O. The van der Waals surface area contributed by atoms with Crippen LogP contribution >= 0.6 is 0 Å². The highest BCUT2D eigenvalue weighted by molar-refractivity contribution is 5.85. The van der Waals surface area contributed by atoms with Gasteiger partial charge in [-0.25, -0.2) is 0 Å². The van der Waals surface area contributed by atoms with Crippen molar-refractivity contribution in [2.75, 3.05) is 26.2 Å². The van der Waals surface area contributed by atoms with Gasteiger partial charge in [-0.1, -0.05) is 30.3 Å². The van der Waals surface area contributed by atoms with Gasteiger partial charge in [-0.15, -0.1) is 0 Å². The summed E-state index contributed by atoms with van der Waals surface area (Å²) in [6, 6.07) is 11.1. The Morgan fingerprint density at radius 2 is 1.72 bits per heavy atom. The van der Waals surface area contributed by atoms with E-state index in [-0.39, 0.29) is 5.92 Å². The summed E-state index contributed by atoms with van der Waals surface area (Å²) in [6.45, 7) is 4.83. The van der Waals surface area contributed by atoms with Crippen LogP contribution in [-0.2, 0) is 4.79 Å². The van der Waals surface area contributed by atoms with Crippen LogP contribution in [0.25, 0.3) is 0 Å². The third-order valence-electron chi connectivity index (χ3n) is 7.04. The number of amides is 1. The summed E-state index contributed by atoms with van der Waals surface area (Å²) >= 11 is 0. The van der Waals surface area contributed by atoms with E-state index in [1.807, 2.05) is 0 Å². The molecule has 0 radical (unpaired) electrons. The first-order chi connectivity index (χ1) is 12.2. The molecule has 3 nitrogen and oxygen atoms in total. The second-order valence-corrected chi connectivity index (χ2v) is 9.11. The number of likely N-dealkylation sites (tertiary alicyclic amines) is 2. The number of piperidine rings is 2. The maximum Gasteiger partial charge on any atom is 0.230 e. The SMILES string of the molecule is O=C1C(c2ccccc2)CC2(CCN(CC3CC3)CC2)CN1C1CC1. The van der Waals surface area contributed by atoms with Crippen molar-refractivity contribution < 1.29 is 4.79 Å². The third kappa shape index (κ3) is 3.23. The Balaban J connectivity index is 1.35. The van der Waals surface area contributed by atoms with E-state index in [2.05, 4.69) is 40.1 Å². The fourth-order valence-electron chi connectivity index (χ4n) is 5.10. The van der Waals surface area contributed by atoms with Gasteiger partial charge < -0.3 is 9.80 Å². The monoisotopic (exact) mass is 338 g/mol. The van der Waals surface area contributed by atoms with E-state index >= 15 is 0 Å². The molecule has 4 fully saturated rings. The Morgan fingerprint density at radius 3 is 2.36 bits per heavy atom. The summed E-state index contributed by atoms with van der Waals surface area (Å²) < 4.78 is 0. The first-order valence-corrected chi connectivity index (χ1v) is 10.3. The molecular weight excluding hydrogens is 308 g/mol. The Labute approximate surface area is 151 Å². The highest BCUT2D eigenvalue weighted by Crippen LogP contribution is 2.48. The second kappa shape index (κ2) is 6.12. The van der Waals surface area contributed by atoms with Crippen molar-refractivity contribution in [2.24, 2.45) is 11.3 Å². The molecule has 1 spiro atoms. The number of carbonyl (C=O) groups is 1. The first-order valence-electron chi connectivity index (χ1n) is 10.3. The van der Waals surface area contributed by atoms with Gasteiger partial charge in [0.05, 0.1) is 5.92 Å². The number of carbonyl (C=O) groups excluding carboxylic acids is 1. The lowest BCUT2D eigenvalue weighted by Gasteiger charge is -2.50. The van der Waals surface area contributed by atoms with Crippen molar-refractivity contribution in [3.63, 3.8) is 0 Å². The molecule has 0 aromatic heterocycles. The largest absolute Gasteiger partial charge is 0.339 e. The van der Waals surface area contributed by atoms with Gasteiger partial charge in [0.1, 0.15) is 0 Å². The quantitative estimate of drug-likeness (QED) is 0.836. The van der Waals surface area contributed by atoms with Crippen LogP contribution in [0.1, 0.15) is 56.4 Å². The van der Waals surface area contributed by atoms with Crippen LogP contribution in [0.15, 0.2) is 30.3 Å². The molecule has 1 aromatic rings. The third-order valence-corrected chi connectivity index (χ3v) is 7.04. The summed E-state index contributed by atoms with van der Waals surface area (Å²) in [5, 5.41) is 0. The van der Waals surface area contributed by atoms with Gasteiger partial charge in [0.25, 0.3) is 0 Å². The molecule has 1 unspecified atom stereocenters. The summed E-state index contributed by atoms with van der Waals surface area (Å²) in [7, 11) is 0. The molecule has 1 aromatic carbocycles. The molecule has 2 aliphatic heterocycles. The van der Waals surface area contributed by atoms with Crippen LogP contribution in [0.4, 0.5) is 0 Å². The molecule has 2 saturated heterocycles. The molecule has 5 rings (SSSR count). The normalized spacial score (nSPS) is 30.0. The van der Waals surface area contributed by atoms with E-state index in [1.54, 1.807) is 0 Å². The molecule has 2 heterocycles. The van der Waals surface area contributed by atoms with Gasteiger partial charge in [-0.3, -0.25) is 4.79 Å². The minimum Gasteiger partial charge on any atom is -0.339 e. The van der Waals surface area contributed by atoms with Crippen molar-refractivity contribution in [1.82, 2.24) is 9.80 Å². The molecule has 4 aliphatic rings. The van der Waals surface area contributed by atoms with Crippen LogP contribution in [0.3, 0.4) is 0 Å². The molecule has 3 heteroatoms. The average molecular weight is 338 g/mol. The number of hydrogen-bond acceptors (Lipinski definition) is 2. The molecule has 2 aliphatic carbocycles. The molecule has 25 heavy (non-hydrogen) atoms. The van der Waals surface area contributed by atoms with E-state index < -0.39 is 0 Å². The summed E-state index contributed by atoms with van der Waals surface area (Å²) in [4.78, 5) is 18.1. The first kappa shape index (κ1) is 15.9. The molecule has 0 bridgehead atoms. The van der Waals surface area contributed by atoms with E-state index in [9.17, 15) is 4.79 Å². The fraction of sp³-hybridized carbons (Fsp3) is 0.682. The van der Waals surface area contributed by atoms with E-state index in [4.69, 9.17) is 0 Å². The Hall–Kier alpha value is -1.35. The van der Waals surface area contributed by atoms with Crippen LogP contribution in [0.5, 0.6) is 0 Å². The Kier molecular flexibility index (Phi) is 3.89. The zero-order valence-electron chi connectivity index (χ0n) is 15.2. The van der Waals surface area contributed by atoms with Gasteiger partial charge in [0.15, 0.2) is 0 Å². The van der Waals surface area contributed by atoms with Crippen molar-refractivity contribution in [3.8, 4) is 0 Å². The van der Waals surface area contributed by atoms with Crippen molar-refractivity contribution in [1.29, 1.82) is 0 Å². The maximum absolute atomic E-state index is 13.2.